The number of benzene rings is 2. The van der Waals surface area contributed by atoms with Crippen LogP contribution in [0.15, 0.2) is 42.5 Å². The molecule has 98 valence electrons. The molecule has 5 heteroatoms. The molecule has 0 heterocycles. The number of para-hydroxylation sites is 1. The average Bonchev–Trinajstić information content (AvgIpc) is 2.37. The molecule has 1 amide bonds. The van der Waals surface area contributed by atoms with Crippen molar-refractivity contribution >= 4 is 23.2 Å². The van der Waals surface area contributed by atoms with Crippen LogP contribution >= 0.6 is 11.6 Å². The topological polar surface area (TPSA) is 75.4 Å². The zero-order valence-electron chi connectivity index (χ0n) is 10.1. The van der Waals surface area contributed by atoms with E-state index in [1.54, 1.807) is 30.3 Å². The molecule has 4 nitrogen and oxygen atoms in total. The smallest absolute Gasteiger partial charge is 0.250 e. The Hall–Kier alpha value is -2.20. The van der Waals surface area contributed by atoms with Gasteiger partial charge in [0.05, 0.1) is 10.6 Å². The molecule has 0 saturated heterocycles. The first kappa shape index (κ1) is 13.2. The first-order valence-corrected chi connectivity index (χ1v) is 6.06. The van der Waals surface area contributed by atoms with E-state index >= 15 is 0 Å². The fourth-order valence-corrected chi connectivity index (χ4v) is 1.96. The van der Waals surface area contributed by atoms with Gasteiger partial charge in [0, 0.05) is 17.8 Å². The third-order valence-electron chi connectivity index (χ3n) is 2.71. The predicted octanol–water partition coefficient (Wildman–Crippen LogP) is 2.76. The number of anilines is 1. The Morgan fingerprint density at radius 2 is 2.00 bits per heavy atom. The van der Waals surface area contributed by atoms with Crippen LogP contribution in [0.2, 0.25) is 5.02 Å². The summed E-state index contributed by atoms with van der Waals surface area (Å²) in [6.07, 6.45) is 0. The minimum Gasteiger partial charge on any atom is -0.508 e. The molecule has 0 fully saturated rings. The number of hydrogen-bond donors (Lipinski definition) is 3. The van der Waals surface area contributed by atoms with Crippen LogP contribution in [0.5, 0.6) is 5.75 Å². The third kappa shape index (κ3) is 3.17. The van der Waals surface area contributed by atoms with Crippen molar-refractivity contribution in [3.05, 3.63) is 58.6 Å². The number of primary amides is 1. The number of aromatic hydroxyl groups is 1. The number of rotatable bonds is 4. The van der Waals surface area contributed by atoms with Crippen LogP contribution in [0, 0.1) is 0 Å². The number of phenolic OH excluding ortho intramolecular Hbond substituents is 1. The summed E-state index contributed by atoms with van der Waals surface area (Å²) in [6, 6.07) is 12.0. The molecule has 4 N–H and O–H groups in total. The molecule has 2 aromatic rings. The predicted molar refractivity (Wildman–Crippen MR) is 75.4 cm³/mol. The summed E-state index contributed by atoms with van der Waals surface area (Å²) >= 11 is 5.95. The first-order chi connectivity index (χ1) is 9.08. The van der Waals surface area contributed by atoms with E-state index in [9.17, 15) is 9.90 Å². The van der Waals surface area contributed by atoms with E-state index < -0.39 is 5.91 Å². The third-order valence-corrected chi connectivity index (χ3v) is 3.02. The minimum atomic E-state index is -0.558. The Bertz CT molecular complexity index is 614. The van der Waals surface area contributed by atoms with Gasteiger partial charge in [-0.05, 0) is 24.3 Å². The molecule has 0 radical (unpaired) electrons. The lowest BCUT2D eigenvalue weighted by molar-refractivity contribution is 0.100. The molecule has 19 heavy (non-hydrogen) atoms. The van der Waals surface area contributed by atoms with Gasteiger partial charge in [0.1, 0.15) is 5.75 Å². The summed E-state index contributed by atoms with van der Waals surface area (Å²) in [4.78, 5) is 11.0. The van der Waals surface area contributed by atoms with Gasteiger partial charge in [0.25, 0.3) is 0 Å². The van der Waals surface area contributed by atoms with Crippen LogP contribution in [0.4, 0.5) is 5.69 Å². The number of halogens is 1. The maximum atomic E-state index is 11.0. The maximum absolute atomic E-state index is 11.0. The van der Waals surface area contributed by atoms with Gasteiger partial charge >= 0.3 is 0 Å². The van der Waals surface area contributed by atoms with Gasteiger partial charge in [-0.2, -0.15) is 0 Å². The molecule has 0 aliphatic carbocycles. The van der Waals surface area contributed by atoms with Crippen LogP contribution in [0.25, 0.3) is 0 Å². The van der Waals surface area contributed by atoms with Crippen molar-refractivity contribution in [3.63, 3.8) is 0 Å². The highest BCUT2D eigenvalue weighted by Gasteiger charge is 2.07. The SMILES string of the molecule is NC(=O)c1ccc(NCc2ccccc2O)cc1Cl. The van der Waals surface area contributed by atoms with Gasteiger partial charge in [-0.15, -0.1) is 0 Å². The van der Waals surface area contributed by atoms with Gasteiger partial charge in [-0.1, -0.05) is 29.8 Å². The molecular weight excluding hydrogens is 264 g/mol. The molecule has 0 aromatic heterocycles. The van der Waals surface area contributed by atoms with Gasteiger partial charge in [-0.3, -0.25) is 4.79 Å². The Kier molecular flexibility index (Phi) is 3.92. The fourth-order valence-electron chi connectivity index (χ4n) is 1.68. The number of phenols is 1. The lowest BCUT2D eigenvalue weighted by Gasteiger charge is -2.09. The molecule has 0 saturated carbocycles. The summed E-state index contributed by atoms with van der Waals surface area (Å²) in [5, 5.41) is 13.0. The number of nitrogens with one attached hydrogen (secondary N) is 1. The number of hydrogen-bond acceptors (Lipinski definition) is 3. The van der Waals surface area contributed by atoms with Crippen molar-refractivity contribution in [1.82, 2.24) is 0 Å². The highest BCUT2D eigenvalue weighted by Crippen LogP contribution is 2.22. The number of amides is 1. The van der Waals surface area contributed by atoms with E-state index in [0.29, 0.717) is 11.6 Å². The molecule has 0 spiro atoms. The fraction of sp³-hybridized carbons (Fsp3) is 0.0714. The van der Waals surface area contributed by atoms with Crippen molar-refractivity contribution in [2.75, 3.05) is 5.32 Å². The highest BCUT2D eigenvalue weighted by molar-refractivity contribution is 6.34. The van der Waals surface area contributed by atoms with Crippen LogP contribution in [-0.4, -0.2) is 11.0 Å². The summed E-state index contributed by atoms with van der Waals surface area (Å²) < 4.78 is 0. The summed E-state index contributed by atoms with van der Waals surface area (Å²) in [5.41, 5.74) is 6.98. The zero-order valence-corrected chi connectivity index (χ0v) is 10.8. The van der Waals surface area contributed by atoms with Crippen molar-refractivity contribution in [3.8, 4) is 5.75 Å². The zero-order chi connectivity index (χ0) is 13.8. The minimum absolute atomic E-state index is 0.231. The second-order valence-electron chi connectivity index (χ2n) is 4.04. The molecule has 0 aliphatic rings. The normalized spacial score (nSPS) is 10.2. The molecule has 0 unspecified atom stereocenters. The molecule has 0 bridgehead atoms. The van der Waals surface area contributed by atoms with E-state index in [0.717, 1.165) is 11.3 Å². The molecule has 0 aliphatic heterocycles. The largest absolute Gasteiger partial charge is 0.508 e. The van der Waals surface area contributed by atoms with Crippen LogP contribution in [0.1, 0.15) is 15.9 Å². The lowest BCUT2D eigenvalue weighted by Crippen LogP contribution is -2.11. The monoisotopic (exact) mass is 276 g/mol. The van der Waals surface area contributed by atoms with Gasteiger partial charge in [0.15, 0.2) is 0 Å². The van der Waals surface area contributed by atoms with E-state index in [4.69, 9.17) is 17.3 Å². The standard InChI is InChI=1S/C14H13ClN2O2/c15-12-7-10(5-6-11(12)14(16)19)17-8-9-3-1-2-4-13(9)18/h1-7,17-18H,8H2,(H2,16,19). The van der Waals surface area contributed by atoms with E-state index in [-0.39, 0.29) is 11.3 Å². The summed E-state index contributed by atoms with van der Waals surface area (Å²) in [6.45, 7) is 0.457. The van der Waals surface area contributed by atoms with E-state index in [1.807, 2.05) is 12.1 Å². The Labute approximate surface area is 115 Å². The Balaban J connectivity index is 2.11. The second-order valence-corrected chi connectivity index (χ2v) is 4.45. The van der Waals surface area contributed by atoms with Gasteiger partial charge in [0.2, 0.25) is 5.91 Å². The van der Waals surface area contributed by atoms with Crippen LogP contribution < -0.4 is 11.1 Å². The van der Waals surface area contributed by atoms with Gasteiger partial charge < -0.3 is 16.2 Å². The van der Waals surface area contributed by atoms with Crippen molar-refractivity contribution in [2.24, 2.45) is 5.73 Å². The van der Waals surface area contributed by atoms with Gasteiger partial charge in [-0.25, -0.2) is 0 Å². The van der Waals surface area contributed by atoms with Crippen LogP contribution in [0.3, 0.4) is 0 Å². The van der Waals surface area contributed by atoms with Crippen molar-refractivity contribution in [2.45, 2.75) is 6.54 Å². The quantitative estimate of drug-likeness (QED) is 0.804. The number of carbonyl (C=O) groups is 1. The maximum Gasteiger partial charge on any atom is 0.250 e. The highest BCUT2D eigenvalue weighted by atomic mass is 35.5. The van der Waals surface area contributed by atoms with Crippen molar-refractivity contribution in [1.29, 1.82) is 0 Å². The summed E-state index contributed by atoms with van der Waals surface area (Å²) in [7, 11) is 0. The first-order valence-electron chi connectivity index (χ1n) is 5.68. The molecular formula is C14H13ClN2O2. The average molecular weight is 277 g/mol. The van der Waals surface area contributed by atoms with Crippen LogP contribution in [-0.2, 0) is 6.54 Å². The lowest BCUT2D eigenvalue weighted by atomic mass is 10.1. The molecule has 0 atom stereocenters. The molecule has 2 aromatic carbocycles. The molecule has 2 rings (SSSR count). The van der Waals surface area contributed by atoms with Crippen molar-refractivity contribution < 1.29 is 9.90 Å². The summed E-state index contributed by atoms with van der Waals surface area (Å²) in [5.74, 6) is -0.327. The van der Waals surface area contributed by atoms with E-state index in [1.165, 1.54) is 0 Å². The number of carbonyl (C=O) groups excluding carboxylic acids is 1. The second kappa shape index (κ2) is 5.63. The Morgan fingerprint density at radius 1 is 1.26 bits per heavy atom. The Morgan fingerprint density at radius 3 is 2.63 bits per heavy atom. The number of nitrogens with two attached hydrogens (primary N) is 1. The van der Waals surface area contributed by atoms with E-state index in [2.05, 4.69) is 5.32 Å².